The summed E-state index contributed by atoms with van der Waals surface area (Å²) in [6.07, 6.45) is 3.64. The van der Waals surface area contributed by atoms with Crippen molar-refractivity contribution in [1.82, 2.24) is 14.9 Å². The van der Waals surface area contributed by atoms with Crippen molar-refractivity contribution in [1.29, 1.82) is 0 Å². The van der Waals surface area contributed by atoms with Crippen molar-refractivity contribution in [2.24, 2.45) is 7.05 Å². The molecule has 2 aromatic carbocycles. The van der Waals surface area contributed by atoms with Crippen LogP contribution in [0.1, 0.15) is 28.6 Å². The molecule has 5 heteroatoms. The van der Waals surface area contributed by atoms with Crippen LogP contribution >= 0.6 is 0 Å². The maximum Gasteiger partial charge on any atom is 0.225 e. The van der Waals surface area contributed by atoms with Gasteiger partial charge in [0.1, 0.15) is 17.7 Å². The van der Waals surface area contributed by atoms with Crippen LogP contribution in [0.25, 0.3) is 0 Å². The van der Waals surface area contributed by atoms with Crippen LogP contribution in [0.4, 0.5) is 4.39 Å². The van der Waals surface area contributed by atoms with Crippen molar-refractivity contribution in [2.75, 3.05) is 0 Å². The summed E-state index contributed by atoms with van der Waals surface area (Å²) in [7, 11) is 1.82. The maximum atomic E-state index is 14.3. The van der Waals surface area contributed by atoms with Gasteiger partial charge in [0.2, 0.25) is 5.91 Å². The van der Waals surface area contributed by atoms with Gasteiger partial charge in [-0.25, -0.2) is 9.37 Å². The second-order valence-electron chi connectivity index (χ2n) is 6.08. The summed E-state index contributed by atoms with van der Waals surface area (Å²) < 4.78 is 16.1. The van der Waals surface area contributed by atoms with Gasteiger partial charge in [-0.1, -0.05) is 48.0 Å². The molecule has 0 saturated heterocycles. The first-order valence-corrected chi connectivity index (χ1v) is 8.11. The van der Waals surface area contributed by atoms with Gasteiger partial charge in [0.15, 0.2) is 0 Å². The van der Waals surface area contributed by atoms with Crippen LogP contribution in [-0.4, -0.2) is 15.5 Å². The Labute approximate surface area is 146 Å². The third-order valence-electron chi connectivity index (χ3n) is 4.12. The van der Waals surface area contributed by atoms with Crippen molar-refractivity contribution in [3.05, 3.63) is 89.3 Å². The molecule has 0 saturated carbocycles. The van der Waals surface area contributed by atoms with Crippen LogP contribution in [0.2, 0.25) is 0 Å². The van der Waals surface area contributed by atoms with E-state index in [4.69, 9.17) is 0 Å². The molecule has 25 heavy (non-hydrogen) atoms. The van der Waals surface area contributed by atoms with Gasteiger partial charge in [0.05, 0.1) is 6.42 Å². The van der Waals surface area contributed by atoms with E-state index in [1.165, 1.54) is 6.07 Å². The second kappa shape index (κ2) is 7.30. The van der Waals surface area contributed by atoms with Crippen molar-refractivity contribution < 1.29 is 9.18 Å². The zero-order valence-corrected chi connectivity index (χ0v) is 14.2. The Kier molecular flexibility index (Phi) is 4.93. The lowest BCUT2D eigenvalue weighted by Crippen LogP contribution is -2.32. The number of carbonyl (C=O) groups is 1. The highest BCUT2D eigenvalue weighted by molar-refractivity contribution is 5.79. The van der Waals surface area contributed by atoms with Crippen LogP contribution < -0.4 is 5.32 Å². The van der Waals surface area contributed by atoms with Crippen molar-refractivity contribution in [2.45, 2.75) is 19.4 Å². The number of halogens is 1. The molecule has 0 fully saturated rings. The molecule has 0 radical (unpaired) electrons. The SMILES string of the molecule is Cc1ccc(CC(=O)N[C@H](c2ccccc2F)c2nccn2C)cc1. The molecule has 0 bridgehead atoms. The fourth-order valence-corrected chi connectivity index (χ4v) is 2.75. The highest BCUT2D eigenvalue weighted by Crippen LogP contribution is 2.23. The normalized spacial score (nSPS) is 12.0. The first kappa shape index (κ1) is 16.9. The van der Waals surface area contributed by atoms with Crippen molar-refractivity contribution in [3.8, 4) is 0 Å². The third kappa shape index (κ3) is 3.94. The molecule has 4 nitrogen and oxygen atoms in total. The van der Waals surface area contributed by atoms with Gasteiger partial charge in [0.25, 0.3) is 0 Å². The number of hydrogen-bond acceptors (Lipinski definition) is 2. The average Bonchev–Trinajstić information content (AvgIpc) is 3.01. The molecular formula is C20H20FN3O. The number of aromatic nitrogens is 2. The quantitative estimate of drug-likeness (QED) is 0.776. The smallest absolute Gasteiger partial charge is 0.225 e. The molecule has 3 aromatic rings. The summed E-state index contributed by atoms with van der Waals surface area (Å²) >= 11 is 0. The highest BCUT2D eigenvalue weighted by atomic mass is 19.1. The summed E-state index contributed by atoms with van der Waals surface area (Å²) in [5, 5.41) is 2.92. The van der Waals surface area contributed by atoms with E-state index in [9.17, 15) is 9.18 Å². The molecule has 0 aliphatic heterocycles. The Balaban J connectivity index is 1.85. The van der Waals surface area contributed by atoms with E-state index >= 15 is 0 Å². The van der Waals surface area contributed by atoms with Gasteiger partial charge < -0.3 is 9.88 Å². The van der Waals surface area contributed by atoms with Crippen molar-refractivity contribution >= 4 is 5.91 Å². The third-order valence-corrected chi connectivity index (χ3v) is 4.12. The van der Waals surface area contributed by atoms with Gasteiger partial charge in [-0.3, -0.25) is 4.79 Å². The lowest BCUT2D eigenvalue weighted by Gasteiger charge is -2.20. The minimum absolute atomic E-state index is 0.180. The molecular weight excluding hydrogens is 317 g/mol. The highest BCUT2D eigenvalue weighted by Gasteiger charge is 2.23. The first-order valence-electron chi connectivity index (χ1n) is 8.11. The number of nitrogens with one attached hydrogen (secondary N) is 1. The lowest BCUT2D eigenvalue weighted by atomic mass is 10.0. The summed E-state index contributed by atoms with van der Waals surface area (Å²) in [6.45, 7) is 2.00. The zero-order chi connectivity index (χ0) is 17.8. The molecule has 3 rings (SSSR count). The Hall–Kier alpha value is -2.95. The van der Waals surface area contributed by atoms with Gasteiger partial charge >= 0.3 is 0 Å². The van der Waals surface area contributed by atoms with E-state index in [0.717, 1.165) is 11.1 Å². The number of nitrogens with zero attached hydrogens (tertiary/aromatic N) is 2. The minimum Gasteiger partial charge on any atom is -0.342 e. The second-order valence-corrected chi connectivity index (χ2v) is 6.08. The fraction of sp³-hybridized carbons (Fsp3) is 0.200. The Bertz CT molecular complexity index is 871. The first-order chi connectivity index (χ1) is 12.0. The predicted molar refractivity (Wildman–Crippen MR) is 94.5 cm³/mol. The van der Waals surface area contributed by atoms with E-state index < -0.39 is 6.04 Å². The van der Waals surface area contributed by atoms with E-state index in [-0.39, 0.29) is 18.1 Å². The standard InChI is InChI=1S/C20H20FN3O/c1-14-7-9-15(10-8-14)13-18(25)23-19(20-22-11-12-24(20)2)16-5-3-4-6-17(16)21/h3-12,19H,13H2,1-2H3,(H,23,25)/t19-/m1/s1. The number of hydrogen-bond donors (Lipinski definition) is 1. The Morgan fingerprint density at radius 1 is 1.20 bits per heavy atom. The Morgan fingerprint density at radius 3 is 2.56 bits per heavy atom. The fourth-order valence-electron chi connectivity index (χ4n) is 2.75. The number of carbonyl (C=O) groups excluding carboxylic acids is 1. The molecule has 1 heterocycles. The van der Waals surface area contributed by atoms with Crippen LogP contribution in [0.5, 0.6) is 0 Å². The monoisotopic (exact) mass is 337 g/mol. The Morgan fingerprint density at radius 2 is 1.92 bits per heavy atom. The van der Waals surface area contributed by atoms with E-state index in [1.807, 2.05) is 38.2 Å². The molecule has 0 spiro atoms. The molecule has 0 aliphatic carbocycles. The molecule has 0 unspecified atom stereocenters. The predicted octanol–water partition coefficient (Wildman–Crippen LogP) is 3.32. The molecule has 1 atom stereocenters. The molecule has 128 valence electrons. The van der Waals surface area contributed by atoms with E-state index in [0.29, 0.717) is 11.4 Å². The van der Waals surface area contributed by atoms with Gasteiger partial charge in [0, 0.05) is 25.0 Å². The number of benzene rings is 2. The molecule has 1 N–H and O–H groups in total. The van der Waals surface area contributed by atoms with Gasteiger partial charge in [-0.15, -0.1) is 0 Å². The van der Waals surface area contributed by atoms with E-state index in [1.54, 1.807) is 35.2 Å². The zero-order valence-electron chi connectivity index (χ0n) is 14.2. The van der Waals surface area contributed by atoms with Gasteiger partial charge in [-0.05, 0) is 18.6 Å². The van der Waals surface area contributed by atoms with Crippen LogP contribution in [0.3, 0.4) is 0 Å². The topological polar surface area (TPSA) is 46.9 Å². The lowest BCUT2D eigenvalue weighted by molar-refractivity contribution is -0.121. The van der Waals surface area contributed by atoms with Crippen LogP contribution in [-0.2, 0) is 18.3 Å². The van der Waals surface area contributed by atoms with Crippen LogP contribution in [0.15, 0.2) is 60.9 Å². The number of imidazole rings is 1. The number of amides is 1. The largest absolute Gasteiger partial charge is 0.342 e. The van der Waals surface area contributed by atoms with Crippen molar-refractivity contribution in [3.63, 3.8) is 0 Å². The van der Waals surface area contributed by atoms with Crippen LogP contribution in [0, 0.1) is 12.7 Å². The summed E-state index contributed by atoms with van der Waals surface area (Å²) in [5.41, 5.74) is 2.45. The van der Waals surface area contributed by atoms with E-state index in [2.05, 4.69) is 10.3 Å². The molecule has 0 aliphatic rings. The molecule has 1 amide bonds. The molecule has 1 aromatic heterocycles. The maximum absolute atomic E-state index is 14.3. The summed E-state index contributed by atoms with van der Waals surface area (Å²) in [6, 6.07) is 13.6. The summed E-state index contributed by atoms with van der Waals surface area (Å²) in [4.78, 5) is 16.8. The number of rotatable bonds is 5. The number of aryl methyl sites for hydroxylation is 2. The minimum atomic E-state index is -0.640. The van der Waals surface area contributed by atoms with Gasteiger partial charge in [-0.2, -0.15) is 0 Å². The summed E-state index contributed by atoms with van der Waals surface area (Å²) in [5.74, 6) is 0.0357. The average molecular weight is 337 g/mol.